The predicted molar refractivity (Wildman–Crippen MR) is 92.2 cm³/mol. The number of halogens is 5. The fourth-order valence-corrected chi connectivity index (χ4v) is 3.23. The Hall–Kier alpha value is -0.480. The van der Waals surface area contributed by atoms with Gasteiger partial charge >= 0.3 is 0 Å². The second-order valence-electron chi connectivity index (χ2n) is 4.52. The van der Waals surface area contributed by atoms with Crippen LogP contribution in [-0.2, 0) is 0 Å². The van der Waals surface area contributed by atoms with Crippen molar-refractivity contribution in [3.63, 3.8) is 0 Å². The summed E-state index contributed by atoms with van der Waals surface area (Å²) in [5.41, 5.74) is 1.63. The Bertz CT molecular complexity index is 640. The molecule has 0 heterocycles. The van der Waals surface area contributed by atoms with Gasteiger partial charge in [0.05, 0.1) is 26.8 Å². The van der Waals surface area contributed by atoms with E-state index >= 15 is 0 Å². The summed E-state index contributed by atoms with van der Waals surface area (Å²) < 4.78 is 13.8. The summed E-state index contributed by atoms with van der Waals surface area (Å²) in [5, 5.41) is 4.64. The Balaban J connectivity index is 2.33. The lowest BCUT2D eigenvalue weighted by atomic mass is 10.0. The average molecular weight is 412 g/mol. The van der Waals surface area contributed by atoms with Crippen molar-refractivity contribution >= 4 is 56.4 Å². The van der Waals surface area contributed by atoms with Gasteiger partial charge in [0.2, 0.25) is 0 Å². The second kappa shape index (κ2) is 7.19. The molecule has 2 rings (SSSR count). The highest BCUT2D eigenvalue weighted by molar-refractivity contribution is 9.10. The van der Waals surface area contributed by atoms with Gasteiger partial charge in [-0.1, -0.05) is 47.8 Å². The minimum Gasteiger partial charge on any atom is -0.376 e. The minimum atomic E-state index is -0.389. The Morgan fingerprint density at radius 3 is 2.38 bits per heavy atom. The van der Waals surface area contributed by atoms with Crippen LogP contribution >= 0.6 is 50.7 Å². The number of rotatable bonds is 4. The summed E-state index contributed by atoms with van der Waals surface area (Å²) in [7, 11) is 0. The van der Waals surface area contributed by atoms with Gasteiger partial charge in [0.1, 0.15) is 5.82 Å². The highest BCUT2D eigenvalue weighted by atomic mass is 79.9. The number of hydrogen-bond donors (Lipinski definition) is 1. The standard InChI is InChI=1S/C15H12BrCl3FN/c1-2-14(8-3-4-11(17)12(18)5-8)21-15-10(16)6-9(20)7-13(15)19/h3-7,14,21H,2H2,1H3. The third kappa shape index (κ3) is 4.04. The Kier molecular flexibility index (Phi) is 5.78. The van der Waals surface area contributed by atoms with Gasteiger partial charge in [-0.15, -0.1) is 0 Å². The maximum absolute atomic E-state index is 13.3. The summed E-state index contributed by atoms with van der Waals surface area (Å²) in [5.74, 6) is -0.389. The zero-order valence-electron chi connectivity index (χ0n) is 11.1. The van der Waals surface area contributed by atoms with Crippen LogP contribution in [0.2, 0.25) is 15.1 Å². The van der Waals surface area contributed by atoms with Crippen molar-refractivity contribution in [2.75, 3.05) is 5.32 Å². The van der Waals surface area contributed by atoms with Crippen LogP contribution in [0.5, 0.6) is 0 Å². The number of anilines is 1. The molecule has 0 bridgehead atoms. The normalized spacial score (nSPS) is 12.3. The Morgan fingerprint density at radius 2 is 1.81 bits per heavy atom. The fourth-order valence-electron chi connectivity index (χ4n) is 2.00. The Morgan fingerprint density at radius 1 is 1.10 bits per heavy atom. The molecule has 1 unspecified atom stereocenters. The summed E-state index contributed by atoms with van der Waals surface area (Å²) in [6.07, 6.45) is 0.804. The average Bonchev–Trinajstić information content (AvgIpc) is 2.41. The molecule has 0 fully saturated rings. The van der Waals surface area contributed by atoms with Crippen LogP contribution in [0.1, 0.15) is 24.9 Å². The molecular formula is C15H12BrCl3FN. The number of benzene rings is 2. The highest BCUT2D eigenvalue weighted by Crippen LogP contribution is 2.36. The first-order valence-electron chi connectivity index (χ1n) is 6.28. The van der Waals surface area contributed by atoms with E-state index in [0.717, 1.165) is 12.0 Å². The van der Waals surface area contributed by atoms with Crippen molar-refractivity contribution in [2.24, 2.45) is 0 Å². The van der Waals surface area contributed by atoms with Crippen molar-refractivity contribution in [1.82, 2.24) is 0 Å². The molecule has 1 atom stereocenters. The molecule has 0 radical (unpaired) electrons. The van der Waals surface area contributed by atoms with Crippen molar-refractivity contribution in [3.05, 3.63) is 61.3 Å². The van der Waals surface area contributed by atoms with Crippen molar-refractivity contribution in [3.8, 4) is 0 Å². The summed E-state index contributed by atoms with van der Waals surface area (Å²) in [6.45, 7) is 2.03. The van der Waals surface area contributed by atoms with Gasteiger partial charge in [-0.3, -0.25) is 0 Å². The molecular weight excluding hydrogens is 399 g/mol. The van der Waals surface area contributed by atoms with E-state index in [1.807, 2.05) is 19.1 Å². The molecule has 0 saturated heterocycles. The van der Waals surface area contributed by atoms with Gasteiger partial charge in [0.25, 0.3) is 0 Å². The van der Waals surface area contributed by atoms with Crippen LogP contribution in [0.25, 0.3) is 0 Å². The van der Waals surface area contributed by atoms with Crippen LogP contribution < -0.4 is 5.32 Å². The smallest absolute Gasteiger partial charge is 0.125 e. The van der Waals surface area contributed by atoms with Gasteiger partial charge in [-0.05, 0) is 52.2 Å². The molecule has 1 nitrogen and oxygen atoms in total. The summed E-state index contributed by atoms with van der Waals surface area (Å²) in [6, 6.07) is 8.10. The summed E-state index contributed by atoms with van der Waals surface area (Å²) in [4.78, 5) is 0. The molecule has 1 N–H and O–H groups in total. The van der Waals surface area contributed by atoms with Gasteiger partial charge in [0, 0.05) is 4.47 Å². The fraction of sp³-hybridized carbons (Fsp3) is 0.200. The monoisotopic (exact) mass is 409 g/mol. The van der Waals surface area contributed by atoms with E-state index in [-0.39, 0.29) is 11.9 Å². The zero-order chi connectivity index (χ0) is 15.6. The Labute approximate surface area is 146 Å². The molecule has 0 aliphatic heterocycles. The van der Waals surface area contributed by atoms with Gasteiger partial charge in [0.15, 0.2) is 0 Å². The minimum absolute atomic E-state index is 0.0148. The third-order valence-corrected chi connectivity index (χ3v) is 4.74. The van der Waals surface area contributed by atoms with E-state index in [1.54, 1.807) is 6.07 Å². The number of nitrogens with one attached hydrogen (secondary N) is 1. The second-order valence-corrected chi connectivity index (χ2v) is 6.60. The lowest BCUT2D eigenvalue weighted by Gasteiger charge is -2.21. The summed E-state index contributed by atoms with van der Waals surface area (Å²) >= 11 is 21.4. The molecule has 0 aromatic heterocycles. The molecule has 0 aliphatic rings. The van der Waals surface area contributed by atoms with Gasteiger partial charge in [-0.25, -0.2) is 4.39 Å². The molecule has 0 amide bonds. The van der Waals surface area contributed by atoms with E-state index in [2.05, 4.69) is 21.2 Å². The first-order valence-corrected chi connectivity index (χ1v) is 8.21. The first-order chi connectivity index (χ1) is 9.92. The predicted octanol–water partition coefficient (Wildman–Crippen LogP) is 7.11. The maximum Gasteiger partial charge on any atom is 0.125 e. The highest BCUT2D eigenvalue weighted by Gasteiger charge is 2.15. The molecule has 21 heavy (non-hydrogen) atoms. The van der Waals surface area contributed by atoms with E-state index in [0.29, 0.717) is 25.2 Å². The lowest BCUT2D eigenvalue weighted by Crippen LogP contribution is -2.10. The zero-order valence-corrected chi connectivity index (χ0v) is 14.9. The maximum atomic E-state index is 13.3. The molecule has 2 aromatic rings. The van der Waals surface area contributed by atoms with E-state index in [4.69, 9.17) is 34.8 Å². The molecule has 112 valence electrons. The van der Waals surface area contributed by atoms with Crippen LogP contribution in [-0.4, -0.2) is 0 Å². The SMILES string of the molecule is CCC(Nc1c(Cl)cc(F)cc1Br)c1ccc(Cl)c(Cl)c1. The topological polar surface area (TPSA) is 12.0 Å². The van der Waals surface area contributed by atoms with Crippen LogP contribution in [0.4, 0.5) is 10.1 Å². The largest absolute Gasteiger partial charge is 0.376 e. The van der Waals surface area contributed by atoms with Crippen molar-refractivity contribution in [2.45, 2.75) is 19.4 Å². The van der Waals surface area contributed by atoms with E-state index in [9.17, 15) is 4.39 Å². The van der Waals surface area contributed by atoms with Crippen LogP contribution in [0.3, 0.4) is 0 Å². The van der Waals surface area contributed by atoms with Crippen molar-refractivity contribution < 1.29 is 4.39 Å². The van der Waals surface area contributed by atoms with Crippen LogP contribution in [0.15, 0.2) is 34.8 Å². The molecule has 0 saturated carbocycles. The number of hydrogen-bond acceptors (Lipinski definition) is 1. The van der Waals surface area contributed by atoms with Crippen molar-refractivity contribution in [1.29, 1.82) is 0 Å². The van der Waals surface area contributed by atoms with Gasteiger partial charge < -0.3 is 5.32 Å². The van der Waals surface area contributed by atoms with E-state index < -0.39 is 0 Å². The third-order valence-electron chi connectivity index (χ3n) is 3.08. The molecule has 0 aliphatic carbocycles. The van der Waals surface area contributed by atoms with E-state index in [1.165, 1.54) is 12.1 Å². The lowest BCUT2D eigenvalue weighted by molar-refractivity contribution is 0.627. The van der Waals surface area contributed by atoms with Crippen LogP contribution in [0, 0.1) is 5.82 Å². The molecule has 6 heteroatoms. The van der Waals surface area contributed by atoms with Gasteiger partial charge in [-0.2, -0.15) is 0 Å². The first kappa shape index (κ1) is 16.9. The molecule has 0 spiro atoms. The quantitative estimate of drug-likeness (QED) is 0.565. The molecule has 2 aromatic carbocycles.